The van der Waals surface area contributed by atoms with Crippen molar-refractivity contribution < 1.29 is 209 Å². The number of ether oxygens (including phenoxy) is 6. The molecule has 0 amide bonds. The van der Waals surface area contributed by atoms with Crippen LogP contribution in [0.15, 0.2) is 73.1 Å². The fourth-order valence-electron chi connectivity index (χ4n) is 16.8. The van der Waals surface area contributed by atoms with E-state index in [0.29, 0.717) is 97.0 Å². The predicted octanol–water partition coefficient (Wildman–Crippen LogP) is 5.87. The first-order chi connectivity index (χ1) is 53.1. The molecule has 8 atom stereocenters. The van der Waals surface area contributed by atoms with E-state index in [2.05, 4.69) is 109 Å². The summed E-state index contributed by atoms with van der Waals surface area (Å²) in [4.78, 5) is 48.2. The quantitative estimate of drug-likeness (QED) is 0.0212. The number of fused-ring (bicyclic) bond motifs is 11. The first-order valence-electron chi connectivity index (χ1n) is 37.4. The normalized spacial score (nSPS) is 28.0. The molecule has 26 nitrogen and oxygen atoms in total. The minimum atomic E-state index is -2.97. The summed E-state index contributed by atoms with van der Waals surface area (Å²) in [6.07, 6.45) is 17.2. The summed E-state index contributed by atoms with van der Waals surface area (Å²) in [7, 11) is -0.701. The van der Waals surface area contributed by atoms with Crippen molar-refractivity contribution in [1.82, 2.24) is 40.5 Å². The van der Waals surface area contributed by atoms with Crippen molar-refractivity contribution in [2.45, 2.75) is 190 Å². The SMILES string of the molecule is C.C1NC2CC1C2.C1O[C@@H]2CN[C@H]1C2.CC1(C)OB(c2cnc(N)c(OC(F)F)c2)OC1(C)C.Cl.Clc1cc(I)cc(Cl)n1.Clc1cc(N2C[C@@H]3C[C@H]2CO3)cc(Cl)n1.Clc1cc(N2C[C@@H]3C[C@H]2CO3)cc(N2CC3CC2C3)n1.Nc1ncc(-c2cc(N3C[C@@H]4C[C@H]3CO4)cc(N3CC4CC3C4)n2)cc1OC(F)F.O=CO[O-].[Cs+].[Cs+].[H-]. The Hall–Kier alpha value is -1.43. The number of pyridine rings is 6. The number of halogens is 11. The second-order valence-corrected chi connectivity index (χ2v) is 34.5. The summed E-state index contributed by atoms with van der Waals surface area (Å²) < 4.78 is 93.8. The second kappa shape index (κ2) is 42.5. The number of carbonyl (C=O) groups excluding carboxylic acids is 1. The molecule has 6 aromatic rings. The van der Waals surface area contributed by atoms with E-state index in [4.69, 9.17) is 113 Å². The maximum absolute atomic E-state index is 12.8. The molecule has 115 heavy (non-hydrogen) atoms. The molecular formula is C75H95BCl6Cs2F4IN15O11. The van der Waals surface area contributed by atoms with Crippen LogP contribution in [0, 0.1) is 21.3 Å². The molecule has 21 heterocycles. The van der Waals surface area contributed by atoms with Gasteiger partial charge >= 0.3 is 158 Å². The van der Waals surface area contributed by atoms with Crippen LogP contribution in [0.2, 0.25) is 25.8 Å². The summed E-state index contributed by atoms with van der Waals surface area (Å²) >= 11 is 31.3. The number of carbonyl (C=O) groups is 1. The zero-order valence-corrected chi connectivity index (χ0v) is 83.2. The average Bonchev–Trinajstić information content (AvgIpc) is 1.61. The number of nitrogens with zero attached hydrogens (tertiary/aromatic N) is 11. The summed E-state index contributed by atoms with van der Waals surface area (Å²) in [5.74, 6) is 4.24. The number of aromatic nitrogens is 6. The van der Waals surface area contributed by atoms with Crippen molar-refractivity contribution in [3.8, 4) is 22.8 Å². The molecule has 3 aliphatic carbocycles. The predicted molar refractivity (Wildman–Crippen MR) is 437 cm³/mol. The zero-order valence-electron chi connectivity index (χ0n) is 64.9. The van der Waals surface area contributed by atoms with Crippen molar-refractivity contribution >= 4 is 152 Å². The maximum Gasteiger partial charge on any atom is 1.00 e. The Kier molecular flexibility index (Phi) is 35.4. The van der Waals surface area contributed by atoms with E-state index in [1.165, 1.54) is 75.5 Å². The van der Waals surface area contributed by atoms with Gasteiger partial charge in [0.1, 0.15) is 37.4 Å². The van der Waals surface area contributed by atoms with Gasteiger partial charge in [0.2, 0.25) is 0 Å². The minimum Gasteiger partial charge on any atom is -1.00 e. The van der Waals surface area contributed by atoms with E-state index in [1.54, 1.807) is 18.3 Å². The maximum atomic E-state index is 12.8. The first-order valence-corrected chi connectivity index (χ1v) is 40.4. The number of hydrogen-bond acceptors (Lipinski definition) is 26. The Labute approximate surface area is 831 Å². The fourth-order valence-corrected chi connectivity index (χ4v) is 18.9. The molecule has 0 aromatic carbocycles. The van der Waals surface area contributed by atoms with Gasteiger partial charge in [-0.05, 0) is 187 Å². The molecule has 3 saturated carbocycles. The molecule has 618 valence electrons. The third-order valence-electron chi connectivity index (χ3n) is 23.3. The van der Waals surface area contributed by atoms with Gasteiger partial charge in [0.05, 0.1) is 85.9 Å². The monoisotopic (exact) mass is 2070 g/mol. The molecular weight excluding hydrogens is 1980 g/mol. The summed E-state index contributed by atoms with van der Waals surface area (Å²) in [6, 6.07) is 22.7. The third kappa shape index (κ3) is 24.2. The number of morpholine rings is 4. The van der Waals surface area contributed by atoms with Gasteiger partial charge in [0, 0.05) is 120 Å². The Morgan fingerprint density at radius 2 is 0.965 bits per heavy atom. The molecule has 0 radical (unpaired) electrons. The van der Waals surface area contributed by atoms with Crippen molar-refractivity contribution in [2.24, 2.45) is 17.8 Å². The van der Waals surface area contributed by atoms with Crippen LogP contribution in [0.5, 0.6) is 11.5 Å². The topological polar surface area (TPSA) is 293 Å². The molecule has 18 fully saturated rings. The van der Waals surface area contributed by atoms with Gasteiger partial charge in [-0.2, -0.15) is 17.6 Å². The smallest absolute Gasteiger partial charge is 1.00 e. The number of rotatable bonds is 12. The number of nitrogen functional groups attached to an aromatic ring is 2. The van der Waals surface area contributed by atoms with Crippen molar-refractivity contribution in [3.63, 3.8) is 0 Å². The largest absolute Gasteiger partial charge is 1.00 e. The van der Waals surface area contributed by atoms with E-state index in [1.807, 2.05) is 52.0 Å². The van der Waals surface area contributed by atoms with E-state index in [0.717, 1.165) is 135 Å². The van der Waals surface area contributed by atoms with Crippen LogP contribution in [0.4, 0.5) is 57.9 Å². The van der Waals surface area contributed by atoms with E-state index >= 15 is 0 Å². The minimum absolute atomic E-state index is 0. The van der Waals surface area contributed by atoms with Crippen LogP contribution in [-0.4, -0.2) is 207 Å². The van der Waals surface area contributed by atoms with Crippen molar-refractivity contribution in [1.29, 1.82) is 0 Å². The van der Waals surface area contributed by atoms with Gasteiger partial charge in [-0.3, -0.25) is 4.79 Å². The summed E-state index contributed by atoms with van der Waals surface area (Å²) in [5.41, 5.74) is 15.3. The van der Waals surface area contributed by atoms with Crippen LogP contribution < -0.4 is 205 Å². The van der Waals surface area contributed by atoms with Gasteiger partial charge in [-0.15, -0.1) is 12.4 Å². The van der Waals surface area contributed by atoms with E-state index in [-0.39, 0.29) is 195 Å². The molecule has 0 unspecified atom stereocenters. The van der Waals surface area contributed by atoms with Gasteiger partial charge in [-0.1, -0.05) is 65.4 Å². The number of alkyl halides is 4. The van der Waals surface area contributed by atoms with Gasteiger partial charge < -0.3 is 95.9 Å². The van der Waals surface area contributed by atoms with E-state index < -0.39 is 31.5 Å². The van der Waals surface area contributed by atoms with Crippen molar-refractivity contribution in [3.05, 3.63) is 102 Å². The molecule has 15 saturated heterocycles. The van der Waals surface area contributed by atoms with Crippen LogP contribution in [0.3, 0.4) is 0 Å². The second-order valence-electron chi connectivity index (χ2n) is 31.3. The number of nitrogens with two attached hydrogens (primary N) is 2. The molecule has 14 bridgehead atoms. The van der Waals surface area contributed by atoms with Gasteiger partial charge in [-0.25, -0.2) is 29.9 Å². The zero-order chi connectivity index (χ0) is 78.2. The molecule has 6 aromatic heterocycles. The van der Waals surface area contributed by atoms with Crippen LogP contribution >= 0.6 is 93.0 Å². The van der Waals surface area contributed by atoms with Gasteiger partial charge in [0.25, 0.3) is 6.47 Å². The summed E-state index contributed by atoms with van der Waals surface area (Å²) in [6.45, 7) is 12.2. The number of nitrogens with one attached hydrogen (secondary N) is 2. The molecule has 40 heteroatoms. The van der Waals surface area contributed by atoms with Crippen LogP contribution in [-0.2, 0) is 37.9 Å². The first kappa shape index (κ1) is 95.8. The Bertz CT molecular complexity index is 4150. The molecule has 6 N–H and O–H groups in total. The fraction of sp³-hybridized carbons (Fsp3) is 0.587. The summed E-state index contributed by atoms with van der Waals surface area (Å²) in [5, 5.41) is 17.5. The standard InChI is InChI=1S/C21H23F2N5O2.C15H18ClN3O.C12H17BF2N2O3.C10H10Cl2N2O.C5H2Cl2IN.C5H9NO.C5H9N.CH2O3.CH4.ClH.2Cs.H/c22-21(23)30-18-3-12(7-25-20(18)24)17-5-14(27-9-16-4-15(27)10-29-16)6-19(26-17)28-8-11-1-13(28)2-11;16-14-4-11(18-7-13-3-12(18)8-20-13)5-15(17-14)19-6-9-1-10(19)2-9;1-11(2)12(3,4)20-13(19-11)7-5-8(18-10(14)15)9(16)17-6-7;11-9-2-6(3-10(12)13-9)14-4-8-1-7(14)5-15-8;6-4-1-3(8)2-5(7)9-4;1-4-3-7-5(1)2-6-4;1-4-2-5(1)6-3-4;2-1-4-3;;;;;/h3,5-7,11,13,15-16,21H,1-2,4,8-10H2,(H2,24,25);4-5,9-10,12-13H,1-3,6-8H2;5-6,10H,1-4H3,(H2,16,17);2-3,7-8H,1,4-5H2;1-2H;4-6H,1-3H2;4-6H,1-3H2;1,3H;1H4;1H;;;/q;;;;;;;;;;2*+1;-1/p-1/t11?,13?,15-,16-;9?,10?,12-,13-;;7-,8-;;4-,5-;;;;;;;/m00.0.0......./s1. The van der Waals surface area contributed by atoms with Gasteiger partial charge in [0.15, 0.2) is 23.1 Å². The van der Waals surface area contributed by atoms with Crippen LogP contribution in [0.25, 0.3) is 11.3 Å². The van der Waals surface area contributed by atoms with Crippen LogP contribution in [0.1, 0.15) is 101 Å². The molecule has 24 rings (SSSR count). The Morgan fingerprint density at radius 3 is 1.31 bits per heavy atom. The number of anilines is 7. The molecule has 15 aliphatic heterocycles. The third-order valence-corrected chi connectivity index (χ3v) is 24.8. The van der Waals surface area contributed by atoms with E-state index in [9.17, 15) is 17.6 Å². The molecule has 18 aliphatic rings. The van der Waals surface area contributed by atoms with Crippen molar-refractivity contribution in [2.75, 3.05) is 108 Å². The Morgan fingerprint density at radius 1 is 0.539 bits per heavy atom. The Balaban J connectivity index is 0.000000160. The average molecular weight is 2070 g/mol. The number of hydrogen-bond donors (Lipinski definition) is 4. The molecule has 0 spiro atoms.